The zero-order chi connectivity index (χ0) is 18.0. The minimum atomic E-state index is -0.523. The number of halogens is 1. The van der Waals surface area contributed by atoms with Crippen molar-refractivity contribution in [3.8, 4) is 0 Å². The van der Waals surface area contributed by atoms with Crippen LogP contribution in [0.25, 0.3) is 0 Å². The highest BCUT2D eigenvalue weighted by molar-refractivity contribution is 5.85. The first-order chi connectivity index (χ1) is 12.7. The molecule has 146 valence electrons. The number of aromatic nitrogens is 2. The molecule has 27 heavy (non-hydrogen) atoms. The largest absolute Gasteiger partial charge is 0.338 e. The van der Waals surface area contributed by atoms with E-state index in [0.717, 1.165) is 45.3 Å². The molecule has 0 aliphatic carbocycles. The Balaban J connectivity index is 0.00000210. The van der Waals surface area contributed by atoms with E-state index in [1.54, 1.807) is 6.20 Å². The molecular weight excluding hydrogens is 360 g/mol. The lowest BCUT2D eigenvalue weighted by molar-refractivity contribution is -0.144. The smallest absolute Gasteiger partial charge is 0.250 e. The van der Waals surface area contributed by atoms with Crippen LogP contribution >= 0.6 is 12.4 Å². The van der Waals surface area contributed by atoms with Gasteiger partial charge < -0.3 is 10.2 Å². The number of benzene rings is 1. The third-order valence-corrected chi connectivity index (χ3v) is 6.29. The SMILES string of the molecule is CC1C(Cc2ccccc2)CCN1C(=O)C1(n2cccn2)CCNCC1.Cl. The number of nitrogens with zero attached hydrogens (tertiary/aromatic N) is 3. The fraction of sp³-hybridized carbons (Fsp3) is 0.524. The lowest BCUT2D eigenvalue weighted by Gasteiger charge is -2.40. The number of piperidine rings is 1. The van der Waals surface area contributed by atoms with E-state index in [2.05, 4.69) is 52.6 Å². The molecule has 2 aliphatic rings. The van der Waals surface area contributed by atoms with Gasteiger partial charge in [0.15, 0.2) is 0 Å². The minimum Gasteiger partial charge on any atom is -0.338 e. The fourth-order valence-corrected chi connectivity index (χ4v) is 4.65. The van der Waals surface area contributed by atoms with Crippen LogP contribution in [0.15, 0.2) is 48.8 Å². The summed E-state index contributed by atoms with van der Waals surface area (Å²) in [5, 5.41) is 7.85. The van der Waals surface area contributed by atoms with Gasteiger partial charge in [-0.3, -0.25) is 9.48 Å². The van der Waals surface area contributed by atoms with Crippen molar-refractivity contribution >= 4 is 18.3 Å². The van der Waals surface area contributed by atoms with Gasteiger partial charge in [0, 0.05) is 25.0 Å². The van der Waals surface area contributed by atoms with E-state index < -0.39 is 5.54 Å². The number of likely N-dealkylation sites (tertiary alicyclic amines) is 1. The Labute approximate surface area is 167 Å². The van der Waals surface area contributed by atoms with Crippen molar-refractivity contribution in [2.45, 2.75) is 44.2 Å². The Bertz CT molecular complexity index is 728. The van der Waals surface area contributed by atoms with E-state index in [-0.39, 0.29) is 24.4 Å². The van der Waals surface area contributed by atoms with Gasteiger partial charge in [-0.15, -0.1) is 12.4 Å². The standard InChI is InChI=1S/C21H28N4O.ClH/c1-17-19(16-18-6-3-2-4-7-18)8-15-24(17)20(26)21(9-12-22-13-10-21)25-14-5-11-23-25;/h2-7,11,14,17,19,22H,8-10,12-13,15-16H2,1H3;1H. The van der Waals surface area contributed by atoms with E-state index in [4.69, 9.17) is 0 Å². The molecule has 2 unspecified atom stereocenters. The van der Waals surface area contributed by atoms with Crippen LogP contribution in [0.4, 0.5) is 0 Å². The summed E-state index contributed by atoms with van der Waals surface area (Å²) in [5.74, 6) is 0.781. The molecule has 6 heteroatoms. The number of rotatable bonds is 4. The van der Waals surface area contributed by atoms with Crippen molar-refractivity contribution in [3.05, 3.63) is 54.4 Å². The van der Waals surface area contributed by atoms with Gasteiger partial charge in [-0.25, -0.2) is 0 Å². The summed E-state index contributed by atoms with van der Waals surface area (Å²) in [6.07, 6.45) is 7.46. The maximum atomic E-state index is 13.7. The average molecular weight is 389 g/mol. The Morgan fingerprint density at radius 2 is 1.96 bits per heavy atom. The molecule has 1 aromatic heterocycles. The highest BCUT2D eigenvalue weighted by Crippen LogP contribution is 2.35. The third kappa shape index (κ3) is 3.76. The molecule has 2 saturated heterocycles. The predicted octanol–water partition coefficient (Wildman–Crippen LogP) is 2.86. The van der Waals surface area contributed by atoms with Gasteiger partial charge in [-0.1, -0.05) is 30.3 Å². The topological polar surface area (TPSA) is 50.2 Å². The quantitative estimate of drug-likeness (QED) is 0.876. The van der Waals surface area contributed by atoms with E-state index in [1.807, 2.05) is 16.9 Å². The molecule has 2 fully saturated rings. The number of hydrogen-bond donors (Lipinski definition) is 1. The molecular formula is C21H29ClN4O. The van der Waals surface area contributed by atoms with Gasteiger partial charge in [0.1, 0.15) is 5.54 Å². The molecule has 2 aliphatic heterocycles. The molecule has 0 saturated carbocycles. The number of carbonyl (C=O) groups is 1. The molecule has 0 radical (unpaired) electrons. The Morgan fingerprint density at radius 1 is 1.22 bits per heavy atom. The fourth-order valence-electron chi connectivity index (χ4n) is 4.65. The van der Waals surface area contributed by atoms with Crippen molar-refractivity contribution in [2.24, 2.45) is 5.92 Å². The van der Waals surface area contributed by atoms with Crippen LogP contribution in [0.5, 0.6) is 0 Å². The number of carbonyl (C=O) groups excluding carboxylic acids is 1. The molecule has 0 spiro atoms. The maximum absolute atomic E-state index is 13.7. The summed E-state index contributed by atoms with van der Waals surface area (Å²) >= 11 is 0. The second-order valence-electron chi connectivity index (χ2n) is 7.71. The van der Waals surface area contributed by atoms with Crippen LogP contribution in [0, 0.1) is 5.92 Å². The Kier molecular flexibility index (Phi) is 6.22. The molecule has 1 N–H and O–H groups in total. The molecule has 2 aromatic rings. The normalized spacial score (nSPS) is 24.4. The van der Waals surface area contributed by atoms with Crippen LogP contribution in [-0.2, 0) is 16.8 Å². The van der Waals surface area contributed by atoms with Crippen LogP contribution in [0.1, 0.15) is 31.7 Å². The zero-order valence-electron chi connectivity index (χ0n) is 15.9. The summed E-state index contributed by atoms with van der Waals surface area (Å²) in [5.41, 5.74) is 0.840. The van der Waals surface area contributed by atoms with Gasteiger partial charge in [0.05, 0.1) is 0 Å². The molecule has 5 nitrogen and oxygen atoms in total. The highest BCUT2D eigenvalue weighted by atomic mass is 35.5. The van der Waals surface area contributed by atoms with Gasteiger partial charge in [0.25, 0.3) is 5.91 Å². The zero-order valence-corrected chi connectivity index (χ0v) is 16.7. The number of nitrogens with one attached hydrogen (secondary N) is 1. The first-order valence-electron chi connectivity index (χ1n) is 9.76. The highest BCUT2D eigenvalue weighted by Gasteiger charge is 2.47. The van der Waals surface area contributed by atoms with Crippen LogP contribution in [-0.4, -0.2) is 46.3 Å². The van der Waals surface area contributed by atoms with Crippen molar-refractivity contribution in [1.82, 2.24) is 20.0 Å². The Morgan fingerprint density at radius 3 is 2.63 bits per heavy atom. The lowest BCUT2D eigenvalue weighted by Crippen LogP contribution is -2.56. The van der Waals surface area contributed by atoms with E-state index in [9.17, 15) is 4.79 Å². The summed E-state index contributed by atoms with van der Waals surface area (Å²) in [6, 6.07) is 12.8. The summed E-state index contributed by atoms with van der Waals surface area (Å²) in [4.78, 5) is 15.8. The van der Waals surface area contributed by atoms with E-state index >= 15 is 0 Å². The van der Waals surface area contributed by atoms with Gasteiger partial charge in [-0.2, -0.15) is 5.10 Å². The first kappa shape index (κ1) is 19.9. The predicted molar refractivity (Wildman–Crippen MR) is 109 cm³/mol. The molecule has 1 amide bonds. The molecule has 4 rings (SSSR count). The second kappa shape index (κ2) is 8.44. The summed E-state index contributed by atoms with van der Waals surface area (Å²) < 4.78 is 1.91. The van der Waals surface area contributed by atoms with Gasteiger partial charge in [-0.05, 0) is 63.2 Å². The number of amides is 1. The average Bonchev–Trinajstić information content (AvgIpc) is 3.34. The van der Waals surface area contributed by atoms with E-state index in [1.165, 1.54) is 5.56 Å². The number of hydrogen-bond acceptors (Lipinski definition) is 3. The monoisotopic (exact) mass is 388 g/mol. The molecule has 3 heterocycles. The van der Waals surface area contributed by atoms with Crippen molar-refractivity contribution in [3.63, 3.8) is 0 Å². The maximum Gasteiger partial charge on any atom is 0.250 e. The molecule has 0 bridgehead atoms. The molecule has 1 aromatic carbocycles. The van der Waals surface area contributed by atoms with Crippen LogP contribution in [0.2, 0.25) is 0 Å². The van der Waals surface area contributed by atoms with Gasteiger partial charge in [0.2, 0.25) is 0 Å². The molecule has 2 atom stereocenters. The van der Waals surface area contributed by atoms with Crippen molar-refractivity contribution < 1.29 is 4.79 Å². The Hall–Kier alpha value is -1.85. The minimum absolute atomic E-state index is 0. The summed E-state index contributed by atoms with van der Waals surface area (Å²) in [7, 11) is 0. The van der Waals surface area contributed by atoms with Crippen molar-refractivity contribution in [2.75, 3.05) is 19.6 Å². The van der Waals surface area contributed by atoms with Crippen molar-refractivity contribution in [1.29, 1.82) is 0 Å². The summed E-state index contributed by atoms with van der Waals surface area (Å²) in [6.45, 7) is 4.80. The lowest BCUT2D eigenvalue weighted by atomic mass is 9.86. The third-order valence-electron chi connectivity index (χ3n) is 6.29. The van der Waals surface area contributed by atoms with Crippen LogP contribution in [0.3, 0.4) is 0 Å². The van der Waals surface area contributed by atoms with Gasteiger partial charge >= 0.3 is 0 Å². The second-order valence-corrected chi connectivity index (χ2v) is 7.71. The van der Waals surface area contributed by atoms with Crippen LogP contribution < -0.4 is 5.32 Å². The van der Waals surface area contributed by atoms with E-state index in [0.29, 0.717) is 5.92 Å². The first-order valence-corrected chi connectivity index (χ1v) is 9.76.